The number of nitrogens with one attached hydrogen (secondary N) is 1. The number of amides is 1. The number of carbonyl (C=O) groups is 1. The molecule has 1 N–H and O–H groups in total. The molecule has 31 heavy (non-hydrogen) atoms. The Bertz CT molecular complexity index is 1270. The number of halogens is 1. The summed E-state index contributed by atoms with van der Waals surface area (Å²) >= 11 is 0. The van der Waals surface area contributed by atoms with E-state index in [1.54, 1.807) is 30.6 Å². The second kappa shape index (κ2) is 7.61. The lowest BCUT2D eigenvalue weighted by molar-refractivity contribution is 0.102. The summed E-state index contributed by atoms with van der Waals surface area (Å²) in [4.78, 5) is 17.4. The number of fused-ring (bicyclic) bond motifs is 1. The van der Waals surface area contributed by atoms with Crippen LogP contribution in [0.15, 0.2) is 48.9 Å². The van der Waals surface area contributed by atoms with Crippen molar-refractivity contribution in [3.63, 3.8) is 0 Å². The van der Waals surface area contributed by atoms with Crippen LogP contribution < -0.4 is 5.32 Å². The van der Waals surface area contributed by atoms with Crippen LogP contribution in [0.5, 0.6) is 0 Å². The van der Waals surface area contributed by atoms with E-state index in [1.165, 1.54) is 18.9 Å². The number of hydrogen-bond acceptors (Lipinski definition) is 4. The maximum atomic E-state index is 14.7. The molecule has 1 saturated carbocycles. The Kier molecular flexibility index (Phi) is 4.77. The lowest BCUT2D eigenvalue weighted by atomic mass is 10.1. The summed E-state index contributed by atoms with van der Waals surface area (Å²) in [5, 5.41) is 11.6. The molecule has 4 aromatic rings. The predicted molar refractivity (Wildman–Crippen MR) is 116 cm³/mol. The van der Waals surface area contributed by atoms with Crippen LogP contribution in [0.2, 0.25) is 0 Å². The molecular weight excluding hydrogens is 395 g/mol. The quantitative estimate of drug-likeness (QED) is 0.493. The number of benzene rings is 1. The zero-order valence-electron chi connectivity index (χ0n) is 17.4. The van der Waals surface area contributed by atoms with Crippen LogP contribution in [0.4, 0.5) is 10.2 Å². The molecule has 1 aromatic carbocycles. The van der Waals surface area contributed by atoms with Gasteiger partial charge in [0.2, 0.25) is 0 Å². The van der Waals surface area contributed by atoms with Crippen LogP contribution in [-0.2, 0) is 6.54 Å². The lowest BCUT2D eigenvalue weighted by Gasteiger charge is -2.11. The van der Waals surface area contributed by atoms with Crippen molar-refractivity contribution < 1.29 is 9.18 Å². The van der Waals surface area contributed by atoms with Crippen molar-refractivity contribution in [3.8, 4) is 11.5 Å². The topological polar surface area (TPSA) is 77.6 Å². The highest BCUT2D eigenvalue weighted by Crippen LogP contribution is 2.32. The minimum atomic E-state index is -0.551. The molecule has 0 bridgehead atoms. The molecule has 0 spiro atoms. The monoisotopic (exact) mass is 418 g/mol. The highest BCUT2D eigenvalue weighted by Gasteiger charge is 2.23. The summed E-state index contributed by atoms with van der Waals surface area (Å²) < 4.78 is 18.7. The van der Waals surface area contributed by atoms with E-state index < -0.39 is 11.7 Å². The standard InChI is InChI=1S/C23H23FN6O/c1-14(2)30-13-25-28-22(30)19-4-3-5-21(26-19)27-23(31)17-11-20-16(10-18(17)24)8-9-29(20)12-15-6-7-15/h3-5,8-11,13-15H,6-7,12H2,1-2H3,(H,26,27,31). The average Bonchev–Trinajstić information content (AvgIpc) is 3.27. The van der Waals surface area contributed by atoms with Gasteiger partial charge in [0.15, 0.2) is 5.82 Å². The molecule has 0 radical (unpaired) electrons. The summed E-state index contributed by atoms with van der Waals surface area (Å²) in [6, 6.07) is 10.3. The highest BCUT2D eigenvalue weighted by atomic mass is 19.1. The Morgan fingerprint density at radius 2 is 2.10 bits per heavy atom. The Morgan fingerprint density at radius 1 is 1.26 bits per heavy atom. The Morgan fingerprint density at radius 3 is 2.87 bits per heavy atom. The first-order valence-corrected chi connectivity index (χ1v) is 10.5. The third kappa shape index (κ3) is 3.81. The van der Waals surface area contributed by atoms with Crippen LogP contribution >= 0.6 is 0 Å². The zero-order valence-corrected chi connectivity index (χ0v) is 17.4. The van der Waals surface area contributed by atoms with Crippen LogP contribution in [0.1, 0.15) is 43.1 Å². The number of pyridine rings is 1. The molecule has 1 fully saturated rings. The Labute approximate surface area is 178 Å². The fourth-order valence-corrected chi connectivity index (χ4v) is 3.74. The molecule has 0 aliphatic heterocycles. The van der Waals surface area contributed by atoms with Gasteiger partial charge in [0.25, 0.3) is 5.91 Å². The predicted octanol–water partition coefficient (Wildman–Crippen LogP) is 4.68. The molecule has 0 saturated heterocycles. The van der Waals surface area contributed by atoms with Gasteiger partial charge in [-0.25, -0.2) is 9.37 Å². The molecule has 8 heteroatoms. The van der Waals surface area contributed by atoms with Crippen LogP contribution in [0.25, 0.3) is 22.4 Å². The molecule has 0 atom stereocenters. The molecule has 1 amide bonds. The number of carbonyl (C=O) groups excluding carboxylic acids is 1. The molecule has 3 aromatic heterocycles. The third-order valence-corrected chi connectivity index (χ3v) is 5.61. The van der Waals surface area contributed by atoms with Crippen molar-refractivity contribution in [2.45, 2.75) is 39.3 Å². The van der Waals surface area contributed by atoms with Gasteiger partial charge in [-0.2, -0.15) is 0 Å². The highest BCUT2D eigenvalue weighted by molar-refractivity contribution is 6.06. The lowest BCUT2D eigenvalue weighted by Crippen LogP contribution is -2.15. The van der Waals surface area contributed by atoms with Crippen molar-refractivity contribution in [1.29, 1.82) is 0 Å². The second-order valence-corrected chi connectivity index (χ2v) is 8.32. The van der Waals surface area contributed by atoms with E-state index in [-0.39, 0.29) is 11.6 Å². The summed E-state index contributed by atoms with van der Waals surface area (Å²) in [5.41, 5.74) is 1.45. The van der Waals surface area contributed by atoms with Crippen molar-refractivity contribution >= 4 is 22.6 Å². The van der Waals surface area contributed by atoms with Gasteiger partial charge in [-0.05, 0) is 62.9 Å². The molecule has 1 aliphatic rings. The van der Waals surface area contributed by atoms with Gasteiger partial charge in [-0.1, -0.05) is 6.07 Å². The third-order valence-electron chi connectivity index (χ3n) is 5.61. The molecule has 5 rings (SSSR count). The minimum Gasteiger partial charge on any atom is -0.347 e. The average molecular weight is 418 g/mol. The van der Waals surface area contributed by atoms with Gasteiger partial charge in [0, 0.05) is 29.7 Å². The zero-order chi connectivity index (χ0) is 21.5. The van der Waals surface area contributed by atoms with E-state index in [4.69, 9.17) is 0 Å². The van der Waals surface area contributed by atoms with Crippen LogP contribution in [-0.4, -0.2) is 30.2 Å². The largest absolute Gasteiger partial charge is 0.347 e. The smallest absolute Gasteiger partial charge is 0.259 e. The summed E-state index contributed by atoms with van der Waals surface area (Å²) in [5.74, 6) is 0.529. The van der Waals surface area contributed by atoms with Crippen molar-refractivity contribution in [1.82, 2.24) is 24.3 Å². The first kappa shape index (κ1) is 19.4. The summed E-state index contributed by atoms with van der Waals surface area (Å²) in [6.07, 6.45) is 6.05. The molecule has 7 nitrogen and oxygen atoms in total. The van der Waals surface area contributed by atoms with E-state index in [9.17, 15) is 9.18 Å². The number of anilines is 1. The van der Waals surface area contributed by atoms with E-state index in [0.29, 0.717) is 23.3 Å². The van der Waals surface area contributed by atoms with Gasteiger partial charge < -0.3 is 14.5 Å². The molecule has 158 valence electrons. The van der Waals surface area contributed by atoms with Crippen molar-refractivity contribution in [2.24, 2.45) is 5.92 Å². The molecule has 0 unspecified atom stereocenters. The van der Waals surface area contributed by atoms with Gasteiger partial charge in [-0.15, -0.1) is 10.2 Å². The van der Waals surface area contributed by atoms with Crippen molar-refractivity contribution in [3.05, 3.63) is 60.3 Å². The Hall–Kier alpha value is -3.55. The normalized spacial score (nSPS) is 13.8. The van der Waals surface area contributed by atoms with Crippen LogP contribution in [0, 0.1) is 11.7 Å². The fourth-order valence-electron chi connectivity index (χ4n) is 3.74. The number of rotatable bonds is 6. The molecule has 3 heterocycles. The van der Waals surface area contributed by atoms with E-state index >= 15 is 0 Å². The van der Waals surface area contributed by atoms with Gasteiger partial charge in [0.05, 0.1) is 5.56 Å². The number of aromatic nitrogens is 5. The number of hydrogen-bond donors (Lipinski definition) is 1. The van der Waals surface area contributed by atoms with Gasteiger partial charge in [-0.3, -0.25) is 4.79 Å². The first-order chi connectivity index (χ1) is 15.0. The fraction of sp³-hybridized carbons (Fsp3) is 0.304. The van der Waals surface area contributed by atoms with Crippen molar-refractivity contribution in [2.75, 3.05) is 5.32 Å². The van der Waals surface area contributed by atoms with Gasteiger partial charge >= 0.3 is 0 Å². The summed E-state index contributed by atoms with van der Waals surface area (Å²) in [7, 11) is 0. The molecular formula is C23H23FN6O. The van der Waals surface area contributed by atoms with Gasteiger partial charge in [0.1, 0.15) is 23.7 Å². The second-order valence-electron chi connectivity index (χ2n) is 8.32. The van der Waals surface area contributed by atoms with E-state index in [1.807, 2.05) is 30.7 Å². The number of nitrogens with zero attached hydrogens (tertiary/aromatic N) is 5. The van der Waals surface area contributed by atoms with Crippen LogP contribution in [0.3, 0.4) is 0 Å². The minimum absolute atomic E-state index is 0.000738. The van der Waals surface area contributed by atoms with E-state index in [0.717, 1.165) is 17.4 Å². The first-order valence-electron chi connectivity index (χ1n) is 10.5. The van der Waals surface area contributed by atoms with E-state index in [2.05, 4.69) is 25.1 Å². The summed E-state index contributed by atoms with van der Waals surface area (Å²) in [6.45, 7) is 4.95. The maximum Gasteiger partial charge on any atom is 0.259 e. The Balaban J connectivity index is 1.43. The molecule has 1 aliphatic carbocycles. The maximum absolute atomic E-state index is 14.7. The SMILES string of the molecule is CC(C)n1cnnc1-c1cccc(NC(=O)c2cc3c(ccn3CC3CC3)cc2F)n1.